The van der Waals surface area contributed by atoms with Crippen molar-refractivity contribution in [3.8, 4) is 11.6 Å². The minimum atomic E-state index is 0.584. The molecule has 0 saturated heterocycles. The Kier molecular flexibility index (Phi) is 1.92. The van der Waals surface area contributed by atoms with Crippen molar-refractivity contribution in [2.75, 3.05) is 13.2 Å². The second kappa shape index (κ2) is 2.94. The molecule has 4 heteroatoms. The molecule has 1 aromatic heterocycles. The van der Waals surface area contributed by atoms with Gasteiger partial charge in [0.25, 0.3) is 5.88 Å². The molecule has 0 N–H and O–H groups in total. The highest BCUT2D eigenvalue weighted by atomic mass is 79.9. The fourth-order valence-corrected chi connectivity index (χ4v) is 1.38. The Hall–Kier alpha value is -0.770. The number of halogens is 1. The maximum atomic E-state index is 5.42. The lowest BCUT2D eigenvalue weighted by Crippen LogP contribution is -2.17. The van der Waals surface area contributed by atoms with Gasteiger partial charge in [0.15, 0.2) is 5.75 Å². The van der Waals surface area contributed by atoms with Crippen LogP contribution in [-0.2, 0) is 0 Å². The summed E-state index contributed by atoms with van der Waals surface area (Å²) in [5.41, 5.74) is 1.04. The number of pyridine rings is 1. The van der Waals surface area contributed by atoms with E-state index in [0.29, 0.717) is 19.1 Å². The summed E-state index contributed by atoms with van der Waals surface area (Å²) in [5.74, 6) is 1.36. The smallest absolute Gasteiger partial charge is 0.257 e. The molecule has 0 bridgehead atoms. The van der Waals surface area contributed by atoms with Gasteiger partial charge in [0, 0.05) is 16.2 Å². The summed E-state index contributed by atoms with van der Waals surface area (Å²) in [7, 11) is 0. The van der Waals surface area contributed by atoms with Crippen LogP contribution in [0.1, 0.15) is 5.56 Å². The molecule has 2 rings (SSSR count). The Morgan fingerprint density at radius 3 is 3.00 bits per heavy atom. The average molecular weight is 230 g/mol. The number of nitrogens with zero attached hydrogens (tertiary/aromatic N) is 1. The molecule has 0 amide bonds. The first-order valence-corrected chi connectivity index (χ1v) is 4.49. The topological polar surface area (TPSA) is 31.4 Å². The van der Waals surface area contributed by atoms with E-state index in [1.54, 1.807) is 6.20 Å². The van der Waals surface area contributed by atoms with Crippen LogP contribution in [0, 0.1) is 6.92 Å². The second-order valence-corrected chi connectivity index (χ2v) is 3.42. The fraction of sp³-hybridized carbons (Fsp3) is 0.375. The Labute approximate surface area is 78.8 Å². The first-order chi connectivity index (χ1) is 5.79. The molecule has 3 nitrogen and oxygen atoms in total. The fourth-order valence-electron chi connectivity index (χ4n) is 1.09. The molecule has 1 aliphatic rings. The third-order valence-corrected chi connectivity index (χ3v) is 2.56. The number of fused-ring (bicyclic) bond motifs is 1. The first kappa shape index (κ1) is 7.86. The van der Waals surface area contributed by atoms with Crippen LogP contribution in [0.2, 0.25) is 0 Å². The Morgan fingerprint density at radius 1 is 1.42 bits per heavy atom. The van der Waals surface area contributed by atoms with Crippen LogP contribution >= 0.6 is 15.9 Å². The summed E-state index contributed by atoms with van der Waals surface area (Å²) in [6.45, 7) is 3.16. The minimum absolute atomic E-state index is 0.584. The zero-order valence-electron chi connectivity index (χ0n) is 6.63. The Morgan fingerprint density at radius 2 is 2.17 bits per heavy atom. The quantitative estimate of drug-likeness (QED) is 0.682. The second-order valence-electron chi connectivity index (χ2n) is 2.56. The number of ether oxygens (including phenoxy) is 2. The van der Waals surface area contributed by atoms with Crippen molar-refractivity contribution in [3.05, 3.63) is 16.2 Å². The van der Waals surface area contributed by atoms with E-state index in [1.807, 2.05) is 6.92 Å². The molecule has 0 fully saturated rings. The minimum Gasteiger partial charge on any atom is -0.484 e. The molecule has 0 aromatic carbocycles. The van der Waals surface area contributed by atoms with Crippen molar-refractivity contribution in [2.45, 2.75) is 6.92 Å². The largest absolute Gasteiger partial charge is 0.484 e. The van der Waals surface area contributed by atoms with Gasteiger partial charge in [-0.2, -0.15) is 0 Å². The van der Waals surface area contributed by atoms with E-state index in [1.165, 1.54) is 0 Å². The summed E-state index contributed by atoms with van der Waals surface area (Å²) in [6.07, 6.45) is 1.73. The molecule has 0 spiro atoms. The van der Waals surface area contributed by atoms with Crippen LogP contribution in [0.15, 0.2) is 10.7 Å². The average Bonchev–Trinajstić information content (AvgIpc) is 2.12. The zero-order chi connectivity index (χ0) is 8.55. The van der Waals surface area contributed by atoms with Gasteiger partial charge in [0.05, 0.1) is 0 Å². The molecule has 2 heterocycles. The van der Waals surface area contributed by atoms with Crippen molar-refractivity contribution in [1.29, 1.82) is 0 Å². The number of hydrogen-bond acceptors (Lipinski definition) is 3. The van der Waals surface area contributed by atoms with Gasteiger partial charge in [-0.1, -0.05) is 0 Å². The van der Waals surface area contributed by atoms with Gasteiger partial charge < -0.3 is 9.47 Å². The van der Waals surface area contributed by atoms with Crippen LogP contribution in [0.4, 0.5) is 0 Å². The first-order valence-electron chi connectivity index (χ1n) is 3.70. The van der Waals surface area contributed by atoms with Gasteiger partial charge >= 0.3 is 0 Å². The molecule has 0 unspecified atom stereocenters. The van der Waals surface area contributed by atoms with E-state index in [4.69, 9.17) is 9.47 Å². The summed E-state index contributed by atoms with van der Waals surface area (Å²) < 4.78 is 11.7. The summed E-state index contributed by atoms with van der Waals surface area (Å²) in [5, 5.41) is 0. The van der Waals surface area contributed by atoms with Crippen molar-refractivity contribution in [1.82, 2.24) is 4.98 Å². The van der Waals surface area contributed by atoms with E-state index in [2.05, 4.69) is 20.9 Å². The summed E-state index contributed by atoms with van der Waals surface area (Å²) in [6, 6.07) is 0. The lowest BCUT2D eigenvalue weighted by molar-refractivity contribution is 0.163. The molecular formula is C8H8BrNO2. The van der Waals surface area contributed by atoms with Crippen LogP contribution in [0.5, 0.6) is 11.6 Å². The van der Waals surface area contributed by atoms with Crippen LogP contribution in [-0.4, -0.2) is 18.2 Å². The number of hydrogen-bond donors (Lipinski definition) is 0. The summed E-state index contributed by atoms with van der Waals surface area (Å²) >= 11 is 3.38. The molecule has 0 aliphatic carbocycles. The third-order valence-electron chi connectivity index (χ3n) is 1.76. The lowest BCUT2D eigenvalue weighted by atomic mass is 10.2. The maximum absolute atomic E-state index is 5.42. The standard InChI is InChI=1S/C8H8BrNO2/c1-5-6(9)4-10-8-7(5)11-2-3-12-8/h4H,2-3H2,1H3. The van der Waals surface area contributed by atoms with Crippen molar-refractivity contribution in [2.24, 2.45) is 0 Å². The van der Waals surface area contributed by atoms with Crippen LogP contribution in [0.25, 0.3) is 0 Å². The predicted molar refractivity (Wildman–Crippen MR) is 47.7 cm³/mol. The molecule has 1 aliphatic heterocycles. The number of aromatic nitrogens is 1. The van der Waals surface area contributed by atoms with E-state index < -0.39 is 0 Å². The van der Waals surface area contributed by atoms with Gasteiger partial charge in [-0.3, -0.25) is 0 Å². The highest BCUT2D eigenvalue weighted by molar-refractivity contribution is 9.10. The maximum Gasteiger partial charge on any atom is 0.257 e. The van der Waals surface area contributed by atoms with Crippen molar-refractivity contribution < 1.29 is 9.47 Å². The van der Waals surface area contributed by atoms with Gasteiger partial charge in [-0.25, -0.2) is 4.98 Å². The number of rotatable bonds is 0. The lowest BCUT2D eigenvalue weighted by Gasteiger charge is -2.19. The molecule has 0 atom stereocenters. The van der Waals surface area contributed by atoms with E-state index in [-0.39, 0.29) is 0 Å². The Balaban J connectivity index is 2.54. The van der Waals surface area contributed by atoms with Crippen LogP contribution in [0.3, 0.4) is 0 Å². The van der Waals surface area contributed by atoms with Crippen LogP contribution < -0.4 is 9.47 Å². The monoisotopic (exact) mass is 229 g/mol. The van der Waals surface area contributed by atoms with Gasteiger partial charge in [0.1, 0.15) is 13.2 Å². The van der Waals surface area contributed by atoms with Gasteiger partial charge in [-0.05, 0) is 22.9 Å². The van der Waals surface area contributed by atoms with Gasteiger partial charge in [-0.15, -0.1) is 0 Å². The highest BCUT2D eigenvalue weighted by Gasteiger charge is 2.16. The molecule has 64 valence electrons. The molecular weight excluding hydrogens is 222 g/mol. The Bertz CT molecular complexity index is 314. The third kappa shape index (κ3) is 1.16. The molecule has 1 aromatic rings. The normalized spacial score (nSPS) is 14.5. The summed E-state index contributed by atoms with van der Waals surface area (Å²) in [4.78, 5) is 4.09. The van der Waals surface area contributed by atoms with E-state index in [9.17, 15) is 0 Å². The van der Waals surface area contributed by atoms with Gasteiger partial charge in [0.2, 0.25) is 0 Å². The van der Waals surface area contributed by atoms with Crippen molar-refractivity contribution >= 4 is 15.9 Å². The zero-order valence-corrected chi connectivity index (χ0v) is 8.22. The highest BCUT2D eigenvalue weighted by Crippen LogP contribution is 2.34. The molecule has 0 saturated carbocycles. The SMILES string of the molecule is Cc1c(Br)cnc2c1OCCO2. The van der Waals surface area contributed by atoms with Crippen molar-refractivity contribution in [3.63, 3.8) is 0 Å². The molecule has 12 heavy (non-hydrogen) atoms. The van der Waals surface area contributed by atoms with E-state index >= 15 is 0 Å². The molecule has 0 radical (unpaired) electrons. The predicted octanol–water partition coefficient (Wildman–Crippen LogP) is 1.92. The van der Waals surface area contributed by atoms with E-state index in [0.717, 1.165) is 15.8 Å².